The lowest BCUT2D eigenvalue weighted by molar-refractivity contribution is -0.126. The van der Waals surface area contributed by atoms with Gasteiger partial charge < -0.3 is 5.32 Å². The monoisotopic (exact) mass is 300 g/mol. The minimum Gasteiger partial charge on any atom is -0.308 e. The number of aryl methyl sites for hydroxylation is 1. The van der Waals surface area contributed by atoms with Gasteiger partial charge in [-0.2, -0.15) is 5.10 Å². The Balaban J connectivity index is 2.24. The van der Waals surface area contributed by atoms with E-state index in [-0.39, 0.29) is 16.6 Å². The number of hydrogen-bond acceptors (Lipinski definition) is 4. The van der Waals surface area contributed by atoms with Crippen molar-refractivity contribution in [1.82, 2.24) is 9.78 Å². The number of primary sulfonamides is 1. The van der Waals surface area contributed by atoms with Crippen LogP contribution < -0.4 is 10.5 Å². The van der Waals surface area contributed by atoms with Gasteiger partial charge in [0.1, 0.15) is 4.90 Å². The van der Waals surface area contributed by atoms with Gasteiger partial charge >= 0.3 is 0 Å². The number of nitrogens with two attached hydrogens (primary N) is 1. The van der Waals surface area contributed by atoms with Crippen LogP contribution >= 0.6 is 0 Å². The number of aromatic nitrogens is 2. The fourth-order valence-corrected chi connectivity index (χ4v) is 3.24. The fourth-order valence-electron chi connectivity index (χ4n) is 2.58. The molecule has 2 rings (SSSR count). The molecule has 1 aromatic heterocycles. The Bertz CT molecular complexity index is 615. The van der Waals surface area contributed by atoms with E-state index in [0.29, 0.717) is 0 Å². The lowest BCUT2D eigenvalue weighted by atomic mass is 9.75. The highest BCUT2D eigenvalue weighted by atomic mass is 32.2. The summed E-state index contributed by atoms with van der Waals surface area (Å²) in [6.07, 6.45) is 6.04. The van der Waals surface area contributed by atoms with Crippen LogP contribution in [0.5, 0.6) is 0 Å². The van der Waals surface area contributed by atoms with E-state index in [9.17, 15) is 13.2 Å². The molecule has 1 saturated carbocycles. The molecule has 8 heteroatoms. The van der Waals surface area contributed by atoms with Crippen molar-refractivity contribution >= 4 is 21.7 Å². The van der Waals surface area contributed by atoms with Crippen molar-refractivity contribution in [3.63, 3.8) is 0 Å². The molecule has 1 aliphatic rings. The van der Waals surface area contributed by atoms with Gasteiger partial charge in [-0.1, -0.05) is 26.2 Å². The van der Waals surface area contributed by atoms with Crippen molar-refractivity contribution < 1.29 is 13.2 Å². The van der Waals surface area contributed by atoms with E-state index in [1.165, 1.54) is 10.9 Å². The van der Waals surface area contributed by atoms with Gasteiger partial charge in [-0.3, -0.25) is 9.48 Å². The van der Waals surface area contributed by atoms with E-state index in [0.717, 1.165) is 32.1 Å². The SMILES string of the molecule is Cn1cc(S(N)(=O)=O)c(NC(=O)C2(C)CCCCC2)n1. The quantitative estimate of drug-likeness (QED) is 0.867. The first kappa shape index (κ1) is 15.0. The normalized spacial score (nSPS) is 18.8. The zero-order chi connectivity index (χ0) is 15.0. The zero-order valence-corrected chi connectivity index (χ0v) is 12.5. The van der Waals surface area contributed by atoms with Crippen molar-refractivity contribution in [3.05, 3.63) is 6.20 Å². The maximum Gasteiger partial charge on any atom is 0.243 e. The van der Waals surface area contributed by atoms with Gasteiger partial charge in [0.05, 0.1) is 0 Å². The molecule has 1 heterocycles. The molecule has 1 aromatic rings. The lowest BCUT2D eigenvalue weighted by Gasteiger charge is -2.31. The number of amides is 1. The van der Waals surface area contributed by atoms with Gasteiger partial charge in [0, 0.05) is 18.7 Å². The zero-order valence-electron chi connectivity index (χ0n) is 11.7. The molecule has 0 aliphatic heterocycles. The molecule has 0 unspecified atom stereocenters. The van der Waals surface area contributed by atoms with Gasteiger partial charge in [-0.25, -0.2) is 13.6 Å². The second-order valence-corrected chi connectivity index (χ2v) is 7.17. The minimum atomic E-state index is -3.91. The Morgan fingerprint density at radius 2 is 2.00 bits per heavy atom. The van der Waals surface area contributed by atoms with Crippen LogP contribution in [0.4, 0.5) is 5.82 Å². The molecule has 0 aromatic carbocycles. The predicted molar refractivity (Wildman–Crippen MR) is 74.4 cm³/mol. The molecule has 20 heavy (non-hydrogen) atoms. The topological polar surface area (TPSA) is 107 Å². The standard InChI is InChI=1S/C12H20N4O3S/c1-12(6-4-3-5-7-12)11(17)14-10-9(20(13,18)19)8-16(2)15-10/h8H,3-7H2,1-2H3,(H2,13,18,19)(H,14,15,17). The summed E-state index contributed by atoms with van der Waals surface area (Å²) in [6.45, 7) is 1.90. The van der Waals surface area contributed by atoms with Crippen LogP contribution in [-0.4, -0.2) is 24.1 Å². The summed E-state index contributed by atoms with van der Waals surface area (Å²) in [6, 6.07) is 0. The first-order valence-electron chi connectivity index (χ1n) is 6.60. The highest BCUT2D eigenvalue weighted by Crippen LogP contribution is 2.37. The Labute approximate surface area is 118 Å². The molecule has 0 radical (unpaired) electrons. The van der Waals surface area contributed by atoms with Gasteiger partial charge in [0.2, 0.25) is 15.9 Å². The third kappa shape index (κ3) is 3.01. The van der Waals surface area contributed by atoms with E-state index < -0.39 is 15.4 Å². The first-order chi connectivity index (χ1) is 9.22. The number of nitrogens with zero attached hydrogens (tertiary/aromatic N) is 2. The van der Waals surface area contributed by atoms with Crippen LogP contribution in [0.3, 0.4) is 0 Å². The van der Waals surface area contributed by atoms with Gasteiger partial charge in [-0.15, -0.1) is 0 Å². The Kier molecular flexibility index (Phi) is 3.88. The minimum absolute atomic E-state index is 0.00629. The number of anilines is 1. The van der Waals surface area contributed by atoms with Crippen molar-refractivity contribution in [2.75, 3.05) is 5.32 Å². The van der Waals surface area contributed by atoms with Crippen LogP contribution in [0, 0.1) is 5.41 Å². The first-order valence-corrected chi connectivity index (χ1v) is 8.15. The summed E-state index contributed by atoms with van der Waals surface area (Å²) < 4.78 is 24.3. The van der Waals surface area contributed by atoms with Gasteiger partial charge in [-0.05, 0) is 12.8 Å². The van der Waals surface area contributed by atoms with Crippen LogP contribution in [0.2, 0.25) is 0 Å². The molecule has 3 N–H and O–H groups in total. The van der Waals surface area contributed by atoms with Crippen molar-refractivity contribution in [1.29, 1.82) is 0 Å². The van der Waals surface area contributed by atoms with Crippen LogP contribution in [0.1, 0.15) is 39.0 Å². The van der Waals surface area contributed by atoms with E-state index in [4.69, 9.17) is 5.14 Å². The molecule has 1 aliphatic carbocycles. The summed E-state index contributed by atoms with van der Waals surface area (Å²) in [5.41, 5.74) is -0.467. The van der Waals surface area contributed by atoms with E-state index in [2.05, 4.69) is 10.4 Å². The number of rotatable bonds is 3. The summed E-state index contributed by atoms with van der Waals surface area (Å²) in [5, 5.41) is 11.7. The third-order valence-electron chi connectivity index (χ3n) is 3.84. The molecule has 7 nitrogen and oxygen atoms in total. The summed E-state index contributed by atoms with van der Waals surface area (Å²) in [5.74, 6) is -0.187. The largest absolute Gasteiger partial charge is 0.308 e. The fraction of sp³-hybridized carbons (Fsp3) is 0.667. The number of nitrogens with one attached hydrogen (secondary N) is 1. The second-order valence-electron chi connectivity index (χ2n) is 5.64. The number of carbonyl (C=O) groups excluding carboxylic acids is 1. The summed E-state index contributed by atoms with van der Waals surface area (Å²) >= 11 is 0. The smallest absolute Gasteiger partial charge is 0.243 e. The second kappa shape index (κ2) is 5.17. The summed E-state index contributed by atoms with van der Waals surface area (Å²) in [4.78, 5) is 12.2. The highest BCUT2D eigenvalue weighted by Gasteiger charge is 2.35. The lowest BCUT2D eigenvalue weighted by Crippen LogP contribution is -2.35. The van der Waals surface area contributed by atoms with E-state index in [1.807, 2.05) is 6.92 Å². The van der Waals surface area contributed by atoms with Crippen LogP contribution in [-0.2, 0) is 21.9 Å². The van der Waals surface area contributed by atoms with Crippen molar-refractivity contribution in [2.24, 2.45) is 17.6 Å². The van der Waals surface area contributed by atoms with Crippen molar-refractivity contribution in [3.8, 4) is 0 Å². The van der Waals surface area contributed by atoms with Gasteiger partial charge in [0.15, 0.2) is 5.82 Å². The molecule has 0 atom stereocenters. The number of carbonyl (C=O) groups is 1. The Morgan fingerprint density at radius 3 is 2.55 bits per heavy atom. The molecular weight excluding hydrogens is 280 g/mol. The van der Waals surface area contributed by atoms with E-state index >= 15 is 0 Å². The molecule has 0 bridgehead atoms. The van der Waals surface area contributed by atoms with E-state index in [1.54, 1.807) is 7.05 Å². The third-order valence-corrected chi connectivity index (χ3v) is 4.75. The average molecular weight is 300 g/mol. The highest BCUT2D eigenvalue weighted by molar-refractivity contribution is 7.89. The van der Waals surface area contributed by atoms with Crippen LogP contribution in [0.15, 0.2) is 11.1 Å². The van der Waals surface area contributed by atoms with Crippen molar-refractivity contribution in [2.45, 2.75) is 43.9 Å². The average Bonchev–Trinajstić information content (AvgIpc) is 2.71. The number of hydrogen-bond donors (Lipinski definition) is 2. The van der Waals surface area contributed by atoms with Crippen LogP contribution in [0.25, 0.3) is 0 Å². The Morgan fingerprint density at radius 1 is 1.40 bits per heavy atom. The maximum atomic E-state index is 12.4. The molecular formula is C12H20N4O3S. The summed E-state index contributed by atoms with van der Waals surface area (Å²) in [7, 11) is -2.33. The molecule has 1 amide bonds. The number of sulfonamides is 1. The van der Waals surface area contributed by atoms with Gasteiger partial charge in [0.25, 0.3) is 0 Å². The maximum absolute atomic E-state index is 12.4. The Hall–Kier alpha value is -1.41. The molecule has 112 valence electrons. The predicted octanol–water partition coefficient (Wildman–Crippen LogP) is 0.976. The molecule has 0 saturated heterocycles. The molecule has 0 spiro atoms. The molecule has 1 fully saturated rings.